The second-order valence-electron chi connectivity index (χ2n) is 4.25. The van der Waals surface area contributed by atoms with Crippen LogP contribution in [0.15, 0.2) is 41.0 Å². The monoisotopic (exact) mass is 338 g/mol. The predicted octanol–water partition coefficient (Wildman–Crippen LogP) is 3.69. The number of hydrogen-bond acceptors (Lipinski definition) is 3. The van der Waals surface area contributed by atoms with Gasteiger partial charge in [0, 0.05) is 22.3 Å². The van der Waals surface area contributed by atoms with Crippen molar-refractivity contribution in [3.8, 4) is 5.75 Å². The molecule has 0 aliphatic heterocycles. The van der Waals surface area contributed by atoms with Crippen molar-refractivity contribution in [1.29, 1.82) is 0 Å². The molecule has 106 valence electrons. The molecule has 0 spiro atoms. The number of ether oxygens (including phenoxy) is 1. The van der Waals surface area contributed by atoms with Gasteiger partial charge in [0.2, 0.25) is 0 Å². The Labute approximate surface area is 126 Å². The first-order valence-corrected chi connectivity index (χ1v) is 7.14. The molecule has 0 bridgehead atoms. The zero-order valence-corrected chi connectivity index (χ0v) is 12.9. The summed E-state index contributed by atoms with van der Waals surface area (Å²) >= 11 is 3.47. The van der Waals surface area contributed by atoms with Gasteiger partial charge in [0.05, 0.1) is 18.8 Å². The summed E-state index contributed by atoms with van der Waals surface area (Å²) in [7, 11) is 1.52. The van der Waals surface area contributed by atoms with Crippen molar-refractivity contribution in [1.82, 2.24) is 10.3 Å². The SMILES string of the molecule is CCNC(c1ccc(OC)cc1F)c1ncccc1Br. The standard InChI is InChI=1S/C15H16BrFN2O/c1-3-18-14(15-12(16)5-4-8-19-15)11-7-6-10(20-2)9-13(11)17/h4-9,14,18H,3H2,1-2H3. The van der Waals surface area contributed by atoms with Crippen molar-refractivity contribution in [2.24, 2.45) is 0 Å². The zero-order valence-electron chi connectivity index (χ0n) is 11.4. The molecule has 0 saturated heterocycles. The van der Waals surface area contributed by atoms with E-state index in [4.69, 9.17) is 4.74 Å². The van der Waals surface area contributed by atoms with Crippen LogP contribution in [0.25, 0.3) is 0 Å². The summed E-state index contributed by atoms with van der Waals surface area (Å²) in [5.74, 6) is 0.189. The summed E-state index contributed by atoms with van der Waals surface area (Å²) in [4.78, 5) is 4.35. The lowest BCUT2D eigenvalue weighted by atomic mass is 10.0. The van der Waals surface area contributed by atoms with E-state index in [0.29, 0.717) is 17.9 Å². The van der Waals surface area contributed by atoms with E-state index in [0.717, 1.165) is 10.2 Å². The van der Waals surface area contributed by atoms with Crippen LogP contribution in [0.5, 0.6) is 5.75 Å². The largest absolute Gasteiger partial charge is 0.497 e. The van der Waals surface area contributed by atoms with Crippen molar-refractivity contribution < 1.29 is 9.13 Å². The van der Waals surface area contributed by atoms with Crippen LogP contribution in [-0.2, 0) is 0 Å². The van der Waals surface area contributed by atoms with E-state index >= 15 is 0 Å². The maximum atomic E-state index is 14.3. The Kier molecular flexibility index (Phi) is 5.09. The smallest absolute Gasteiger partial charge is 0.132 e. The second-order valence-corrected chi connectivity index (χ2v) is 5.10. The Morgan fingerprint density at radius 2 is 2.20 bits per heavy atom. The molecule has 0 aliphatic rings. The van der Waals surface area contributed by atoms with Gasteiger partial charge in [0.25, 0.3) is 0 Å². The van der Waals surface area contributed by atoms with Gasteiger partial charge in [-0.05, 0) is 40.7 Å². The fraction of sp³-hybridized carbons (Fsp3) is 0.267. The lowest BCUT2D eigenvalue weighted by molar-refractivity contribution is 0.410. The van der Waals surface area contributed by atoms with E-state index in [2.05, 4.69) is 26.2 Å². The summed E-state index contributed by atoms with van der Waals surface area (Å²) in [6.07, 6.45) is 1.70. The Bertz CT molecular complexity index is 592. The molecule has 1 aromatic heterocycles. The third kappa shape index (κ3) is 3.16. The lowest BCUT2D eigenvalue weighted by Gasteiger charge is -2.20. The highest BCUT2D eigenvalue weighted by Gasteiger charge is 2.20. The topological polar surface area (TPSA) is 34.1 Å². The third-order valence-corrected chi connectivity index (χ3v) is 3.66. The number of rotatable bonds is 5. The lowest BCUT2D eigenvalue weighted by Crippen LogP contribution is -2.24. The number of nitrogens with zero attached hydrogens (tertiary/aromatic N) is 1. The normalized spacial score (nSPS) is 12.2. The van der Waals surface area contributed by atoms with Gasteiger partial charge in [0.1, 0.15) is 11.6 Å². The van der Waals surface area contributed by atoms with Gasteiger partial charge in [-0.3, -0.25) is 4.98 Å². The molecule has 0 radical (unpaired) electrons. The minimum absolute atomic E-state index is 0.304. The molecule has 3 nitrogen and oxygen atoms in total. The van der Waals surface area contributed by atoms with Crippen molar-refractivity contribution in [2.75, 3.05) is 13.7 Å². The van der Waals surface area contributed by atoms with Gasteiger partial charge < -0.3 is 10.1 Å². The third-order valence-electron chi connectivity index (χ3n) is 2.99. The second kappa shape index (κ2) is 6.81. The average molecular weight is 339 g/mol. The average Bonchev–Trinajstić information content (AvgIpc) is 2.46. The number of aromatic nitrogens is 1. The Hall–Kier alpha value is -1.46. The van der Waals surface area contributed by atoms with Crippen molar-refractivity contribution in [3.05, 3.63) is 58.1 Å². The molecule has 2 aromatic rings. The maximum Gasteiger partial charge on any atom is 0.132 e. The number of benzene rings is 1. The number of pyridine rings is 1. The van der Waals surface area contributed by atoms with Gasteiger partial charge in [-0.1, -0.05) is 13.0 Å². The van der Waals surface area contributed by atoms with Crippen LogP contribution in [0.4, 0.5) is 4.39 Å². The van der Waals surface area contributed by atoms with E-state index in [-0.39, 0.29) is 11.9 Å². The Morgan fingerprint density at radius 1 is 1.40 bits per heavy atom. The molecule has 0 amide bonds. The maximum absolute atomic E-state index is 14.3. The molecule has 0 fully saturated rings. The molecule has 1 unspecified atom stereocenters. The van der Waals surface area contributed by atoms with Crippen LogP contribution in [0.1, 0.15) is 24.2 Å². The molecule has 0 aliphatic carbocycles. The number of nitrogens with one attached hydrogen (secondary N) is 1. The first-order valence-electron chi connectivity index (χ1n) is 6.34. The van der Waals surface area contributed by atoms with E-state index < -0.39 is 0 Å². The van der Waals surface area contributed by atoms with Crippen LogP contribution < -0.4 is 10.1 Å². The van der Waals surface area contributed by atoms with Gasteiger partial charge in [0.15, 0.2) is 0 Å². The summed E-state index contributed by atoms with van der Waals surface area (Å²) in [6.45, 7) is 2.68. The number of methoxy groups -OCH3 is 1. The van der Waals surface area contributed by atoms with Crippen molar-refractivity contribution >= 4 is 15.9 Å². The minimum atomic E-state index is -0.312. The highest BCUT2D eigenvalue weighted by Crippen LogP contribution is 2.29. The summed E-state index contributed by atoms with van der Waals surface area (Å²) in [5, 5.41) is 3.26. The van der Waals surface area contributed by atoms with Crippen LogP contribution in [0.2, 0.25) is 0 Å². The number of halogens is 2. The van der Waals surface area contributed by atoms with E-state index in [9.17, 15) is 4.39 Å². The highest BCUT2D eigenvalue weighted by molar-refractivity contribution is 9.10. The minimum Gasteiger partial charge on any atom is -0.497 e. The zero-order chi connectivity index (χ0) is 14.5. The van der Waals surface area contributed by atoms with Gasteiger partial charge >= 0.3 is 0 Å². The summed E-state index contributed by atoms with van der Waals surface area (Å²) in [6, 6.07) is 8.29. The fourth-order valence-electron chi connectivity index (χ4n) is 2.04. The summed E-state index contributed by atoms with van der Waals surface area (Å²) < 4.78 is 20.1. The van der Waals surface area contributed by atoms with Crippen LogP contribution in [-0.4, -0.2) is 18.6 Å². The van der Waals surface area contributed by atoms with E-state index in [1.807, 2.05) is 19.1 Å². The molecule has 2 rings (SSSR count). The van der Waals surface area contributed by atoms with Crippen molar-refractivity contribution in [3.63, 3.8) is 0 Å². The van der Waals surface area contributed by atoms with Crippen LogP contribution in [0, 0.1) is 5.82 Å². The molecule has 1 N–H and O–H groups in total. The molecule has 1 heterocycles. The van der Waals surface area contributed by atoms with E-state index in [1.165, 1.54) is 13.2 Å². The molecule has 1 atom stereocenters. The molecular weight excluding hydrogens is 323 g/mol. The van der Waals surface area contributed by atoms with Crippen LogP contribution >= 0.6 is 15.9 Å². The van der Waals surface area contributed by atoms with E-state index in [1.54, 1.807) is 18.3 Å². The molecular formula is C15H16BrFN2O. The molecule has 5 heteroatoms. The quantitative estimate of drug-likeness (QED) is 0.902. The molecule has 20 heavy (non-hydrogen) atoms. The van der Waals surface area contributed by atoms with Gasteiger partial charge in [-0.25, -0.2) is 4.39 Å². The Morgan fingerprint density at radius 3 is 2.80 bits per heavy atom. The first-order chi connectivity index (χ1) is 9.67. The van der Waals surface area contributed by atoms with Crippen molar-refractivity contribution in [2.45, 2.75) is 13.0 Å². The Balaban J connectivity index is 2.46. The summed E-state index contributed by atoms with van der Waals surface area (Å²) in [5.41, 5.74) is 1.31. The predicted molar refractivity (Wildman–Crippen MR) is 80.4 cm³/mol. The molecule has 1 aromatic carbocycles. The number of hydrogen-bond donors (Lipinski definition) is 1. The highest BCUT2D eigenvalue weighted by atomic mass is 79.9. The first kappa shape index (κ1) is 14.9. The van der Waals surface area contributed by atoms with Crippen LogP contribution in [0.3, 0.4) is 0 Å². The fourth-order valence-corrected chi connectivity index (χ4v) is 2.52. The molecule has 0 saturated carbocycles. The van der Waals surface area contributed by atoms with Gasteiger partial charge in [-0.2, -0.15) is 0 Å². The van der Waals surface area contributed by atoms with Gasteiger partial charge in [-0.15, -0.1) is 0 Å².